The van der Waals surface area contributed by atoms with E-state index in [4.69, 9.17) is 4.98 Å². The summed E-state index contributed by atoms with van der Waals surface area (Å²) < 4.78 is 0. The maximum atomic E-state index is 4.71. The van der Waals surface area contributed by atoms with Crippen LogP contribution < -0.4 is 5.32 Å². The van der Waals surface area contributed by atoms with Crippen molar-refractivity contribution in [2.75, 3.05) is 11.9 Å². The summed E-state index contributed by atoms with van der Waals surface area (Å²) in [7, 11) is 0. The number of aromatic nitrogens is 2. The third kappa shape index (κ3) is 2.51. The Morgan fingerprint density at radius 3 is 2.90 bits per heavy atom. The van der Waals surface area contributed by atoms with Crippen LogP contribution in [0.3, 0.4) is 0 Å². The van der Waals surface area contributed by atoms with E-state index in [9.17, 15) is 0 Å². The normalized spacial score (nSPS) is 10.9. The fraction of sp³-hybridized carbons (Fsp3) is 0.250. The summed E-state index contributed by atoms with van der Waals surface area (Å²) in [5, 5.41) is 7.59. The van der Waals surface area contributed by atoms with Crippen LogP contribution in [-0.4, -0.2) is 16.5 Å². The van der Waals surface area contributed by atoms with Crippen molar-refractivity contribution >= 4 is 28.1 Å². The van der Waals surface area contributed by atoms with E-state index in [0.29, 0.717) is 0 Å². The molecule has 0 aliphatic heterocycles. The Labute approximate surface area is 122 Å². The van der Waals surface area contributed by atoms with Gasteiger partial charge in [-0.15, -0.1) is 11.3 Å². The summed E-state index contributed by atoms with van der Waals surface area (Å²) in [6, 6.07) is 8.52. The van der Waals surface area contributed by atoms with Gasteiger partial charge in [0.05, 0.1) is 5.52 Å². The second kappa shape index (κ2) is 5.59. The highest BCUT2D eigenvalue weighted by molar-refractivity contribution is 7.13. The van der Waals surface area contributed by atoms with Gasteiger partial charge in [0.25, 0.3) is 0 Å². The van der Waals surface area contributed by atoms with Crippen molar-refractivity contribution in [1.82, 2.24) is 9.97 Å². The van der Waals surface area contributed by atoms with Gasteiger partial charge in [0, 0.05) is 29.1 Å². The Hall–Kier alpha value is -1.94. The molecule has 0 unspecified atom stereocenters. The van der Waals surface area contributed by atoms with Crippen molar-refractivity contribution in [2.45, 2.75) is 20.3 Å². The smallest absolute Gasteiger partial charge is 0.129 e. The largest absolute Gasteiger partial charge is 0.370 e. The van der Waals surface area contributed by atoms with Crippen LogP contribution in [0.2, 0.25) is 0 Å². The highest BCUT2D eigenvalue weighted by Gasteiger charge is 2.06. The molecular weight excluding hydrogens is 266 g/mol. The Morgan fingerprint density at radius 1 is 1.25 bits per heavy atom. The van der Waals surface area contributed by atoms with Crippen molar-refractivity contribution < 1.29 is 0 Å². The van der Waals surface area contributed by atoms with Gasteiger partial charge in [-0.3, -0.25) is 0 Å². The Bertz CT molecular complexity index is 720. The zero-order chi connectivity index (χ0) is 13.9. The summed E-state index contributed by atoms with van der Waals surface area (Å²) in [6.45, 7) is 5.21. The van der Waals surface area contributed by atoms with E-state index in [0.717, 1.165) is 40.3 Å². The number of benzene rings is 1. The summed E-state index contributed by atoms with van der Waals surface area (Å²) in [4.78, 5) is 9.07. The molecule has 3 rings (SSSR count). The molecule has 0 atom stereocenters. The molecule has 0 fully saturated rings. The number of fused-ring (bicyclic) bond motifs is 1. The third-order valence-electron chi connectivity index (χ3n) is 3.23. The Morgan fingerprint density at radius 2 is 2.15 bits per heavy atom. The number of hydrogen-bond acceptors (Lipinski definition) is 4. The lowest BCUT2D eigenvalue weighted by Crippen LogP contribution is -2.03. The van der Waals surface area contributed by atoms with Gasteiger partial charge in [-0.05, 0) is 43.2 Å². The number of pyridine rings is 1. The van der Waals surface area contributed by atoms with Crippen LogP contribution in [0.5, 0.6) is 0 Å². The summed E-state index contributed by atoms with van der Waals surface area (Å²) in [5.41, 5.74) is 3.36. The highest BCUT2D eigenvalue weighted by atomic mass is 32.1. The zero-order valence-corrected chi connectivity index (χ0v) is 12.5. The van der Waals surface area contributed by atoms with E-state index in [2.05, 4.69) is 48.4 Å². The minimum absolute atomic E-state index is 0.955. The van der Waals surface area contributed by atoms with Gasteiger partial charge in [-0.1, -0.05) is 6.92 Å². The van der Waals surface area contributed by atoms with Crippen LogP contribution in [0, 0.1) is 6.92 Å². The van der Waals surface area contributed by atoms with Crippen LogP contribution in [0.1, 0.15) is 18.9 Å². The van der Waals surface area contributed by atoms with E-state index in [1.54, 1.807) is 11.3 Å². The first-order chi connectivity index (χ1) is 9.78. The number of rotatable bonds is 4. The Kier molecular flexibility index (Phi) is 3.65. The fourth-order valence-corrected chi connectivity index (χ4v) is 2.84. The van der Waals surface area contributed by atoms with Crippen LogP contribution in [0.4, 0.5) is 5.82 Å². The molecule has 1 aromatic carbocycles. The number of nitrogens with one attached hydrogen (secondary N) is 1. The number of hydrogen-bond donors (Lipinski definition) is 1. The molecule has 0 saturated carbocycles. The maximum absolute atomic E-state index is 4.71. The van der Waals surface area contributed by atoms with Gasteiger partial charge in [-0.2, -0.15) is 0 Å². The Balaban J connectivity index is 2.03. The first-order valence-electron chi connectivity index (χ1n) is 6.83. The van der Waals surface area contributed by atoms with Gasteiger partial charge >= 0.3 is 0 Å². The summed E-state index contributed by atoms with van der Waals surface area (Å²) >= 11 is 1.66. The third-order valence-corrected chi connectivity index (χ3v) is 4.05. The summed E-state index contributed by atoms with van der Waals surface area (Å²) in [6.07, 6.45) is 2.94. The number of thiazole rings is 1. The molecule has 0 aliphatic rings. The van der Waals surface area contributed by atoms with E-state index < -0.39 is 0 Å². The monoisotopic (exact) mass is 283 g/mol. The van der Waals surface area contributed by atoms with Crippen molar-refractivity contribution in [3.63, 3.8) is 0 Å². The van der Waals surface area contributed by atoms with Crippen LogP contribution in [0.25, 0.3) is 21.5 Å². The molecule has 3 nitrogen and oxygen atoms in total. The van der Waals surface area contributed by atoms with Gasteiger partial charge in [0.2, 0.25) is 0 Å². The maximum Gasteiger partial charge on any atom is 0.129 e. The predicted molar refractivity (Wildman–Crippen MR) is 86.4 cm³/mol. The minimum atomic E-state index is 0.955. The van der Waals surface area contributed by atoms with Crippen LogP contribution in [0.15, 0.2) is 35.8 Å². The molecule has 2 aromatic heterocycles. The number of aryl methyl sites for hydroxylation is 1. The zero-order valence-electron chi connectivity index (χ0n) is 11.7. The average molecular weight is 283 g/mol. The quantitative estimate of drug-likeness (QED) is 0.766. The van der Waals surface area contributed by atoms with Gasteiger partial charge in [0.15, 0.2) is 0 Å². The molecule has 0 radical (unpaired) electrons. The first-order valence-corrected chi connectivity index (χ1v) is 7.71. The SMILES string of the molecule is CCCNc1nc2ccc(-c3nccs3)cc2cc1C. The van der Waals surface area contributed by atoms with E-state index in [-0.39, 0.29) is 0 Å². The lowest BCUT2D eigenvalue weighted by atomic mass is 10.1. The van der Waals surface area contributed by atoms with Crippen LogP contribution in [-0.2, 0) is 0 Å². The van der Waals surface area contributed by atoms with Gasteiger partial charge < -0.3 is 5.32 Å². The minimum Gasteiger partial charge on any atom is -0.370 e. The van der Waals surface area contributed by atoms with Crippen molar-refractivity contribution in [1.29, 1.82) is 0 Å². The van der Waals surface area contributed by atoms with Crippen LogP contribution >= 0.6 is 11.3 Å². The molecular formula is C16H17N3S. The molecule has 1 N–H and O–H groups in total. The molecule has 20 heavy (non-hydrogen) atoms. The van der Waals surface area contributed by atoms with Crippen molar-refractivity contribution in [3.8, 4) is 10.6 Å². The molecule has 0 saturated heterocycles. The number of anilines is 1. The van der Waals surface area contributed by atoms with E-state index in [1.807, 2.05) is 11.6 Å². The molecule has 2 heterocycles. The van der Waals surface area contributed by atoms with Crippen molar-refractivity contribution in [3.05, 3.63) is 41.4 Å². The molecule has 102 valence electrons. The standard InChI is InChI=1S/C16H17N3S/c1-3-6-17-15-11(2)9-13-10-12(4-5-14(13)19-15)16-18-7-8-20-16/h4-5,7-10H,3,6H2,1-2H3,(H,17,19). The van der Waals surface area contributed by atoms with Crippen molar-refractivity contribution in [2.24, 2.45) is 0 Å². The van der Waals surface area contributed by atoms with Gasteiger partial charge in [0.1, 0.15) is 10.8 Å². The molecule has 0 spiro atoms. The second-order valence-electron chi connectivity index (χ2n) is 4.83. The molecule has 0 bridgehead atoms. The van der Waals surface area contributed by atoms with Gasteiger partial charge in [-0.25, -0.2) is 9.97 Å². The molecule has 4 heteroatoms. The fourth-order valence-electron chi connectivity index (χ4n) is 2.20. The highest BCUT2D eigenvalue weighted by Crippen LogP contribution is 2.27. The molecule has 0 amide bonds. The molecule has 3 aromatic rings. The molecule has 0 aliphatic carbocycles. The van der Waals surface area contributed by atoms with E-state index >= 15 is 0 Å². The average Bonchev–Trinajstić information content (AvgIpc) is 2.98. The first kappa shape index (κ1) is 13.1. The predicted octanol–water partition coefficient (Wildman–Crippen LogP) is 4.49. The lowest BCUT2D eigenvalue weighted by molar-refractivity contribution is 0.968. The second-order valence-corrected chi connectivity index (χ2v) is 5.72. The lowest BCUT2D eigenvalue weighted by Gasteiger charge is -2.09. The summed E-state index contributed by atoms with van der Waals surface area (Å²) in [5.74, 6) is 0.987. The topological polar surface area (TPSA) is 37.8 Å². The van der Waals surface area contributed by atoms with E-state index in [1.165, 1.54) is 5.56 Å². The number of nitrogens with zero attached hydrogens (tertiary/aromatic N) is 2.